The first kappa shape index (κ1) is 25.3. The number of methoxy groups -OCH3 is 1. The summed E-state index contributed by atoms with van der Waals surface area (Å²) in [6.45, 7) is -0.0771. The van der Waals surface area contributed by atoms with Gasteiger partial charge in [0.15, 0.2) is 0 Å². The molecule has 4 rings (SSSR count). The number of nitrogens with zero attached hydrogens (tertiary/aromatic N) is 1. The molecule has 1 aliphatic heterocycles. The molecule has 1 fully saturated rings. The van der Waals surface area contributed by atoms with Crippen molar-refractivity contribution in [1.29, 1.82) is 0 Å². The molecule has 0 aliphatic carbocycles. The van der Waals surface area contributed by atoms with Crippen LogP contribution in [0.4, 0.5) is 0 Å². The number of rotatable bonds is 9. The molecule has 3 aromatic rings. The van der Waals surface area contributed by atoms with E-state index in [-0.39, 0.29) is 16.7 Å². The van der Waals surface area contributed by atoms with Crippen LogP contribution in [0.1, 0.15) is 23.6 Å². The molecular formula is C27H29NO5S2. The van der Waals surface area contributed by atoms with E-state index in [9.17, 15) is 18.3 Å². The highest BCUT2D eigenvalue weighted by Gasteiger charge is 2.45. The summed E-state index contributed by atoms with van der Waals surface area (Å²) in [6.07, 6.45) is 1.24. The summed E-state index contributed by atoms with van der Waals surface area (Å²) < 4.78 is 34.0. The van der Waals surface area contributed by atoms with Crippen molar-refractivity contribution >= 4 is 27.8 Å². The molecule has 8 heteroatoms. The second kappa shape index (κ2) is 11.3. The van der Waals surface area contributed by atoms with E-state index in [0.29, 0.717) is 12.2 Å². The Hall–Kier alpha value is -2.81. The Morgan fingerprint density at radius 3 is 2.23 bits per heavy atom. The van der Waals surface area contributed by atoms with Crippen LogP contribution in [-0.4, -0.2) is 48.5 Å². The third kappa shape index (κ3) is 5.89. The van der Waals surface area contributed by atoms with Gasteiger partial charge in [-0.3, -0.25) is 4.79 Å². The lowest BCUT2D eigenvalue weighted by Gasteiger charge is -2.41. The molecule has 1 heterocycles. The molecule has 0 aromatic heterocycles. The monoisotopic (exact) mass is 511 g/mol. The van der Waals surface area contributed by atoms with Gasteiger partial charge in [-0.05, 0) is 54.0 Å². The van der Waals surface area contributed by atoms with Gasteiger partial charge in [-0.2, -0.15) is 16.1 Å². The number of sulfonamides is 1. The van der Waals surface area contributed by atoms with E-state index in [0.717, 1.165) is 17.7 Å². The molecule has 3 aromatic carbocycles. The number of thioether (sulfide) groups is 1. The number of ether oxygens (including phenoxy) is 1. The van der Waals surface area contributed by atoms with Crippen LogP contribution in [0, 0.1) is 5.92 Å². The first-order valence-corrected chi connectivity index (χ1v) is 14.0. The van der Waals surface area contributed by atoms with E-state index in [2.05, 4.69) is 12.1 Å². The molecule has 35 heavy (non-hydrogen) atoms. The second-order valence-electron chi connectivity index (χ2n) is 8.50. The standard InChI is InChI=1S/C27H29NO5S2/c1-33-22-14-12-21(13-15-22)25-18-26(34-17-16-20-8-4-2-5-9-20)24(27(29)30)19-28(25)35(31,32)23-10-6-3-7-11-23/h2-15,24-26H,16-19H2,1H3,(H,29,30)/t24-,25+,26-/m1/s1. The lowest BCUT2D eigenvalue weighted by Crippen LogP contribution is -2.49. The summed E-state index contributed by atoms with van der Waals surface area (Å²) >= 11 is 1.62. The van der Waals surface area contributed by atoms with Gasteiger partial charge in [0.25, 0.3) is 0 Å². The fourth-order valence-corrected chi connectivity index (χ4v) is 7.54. The van der Waals surface area contributed by atoms with Crippen molar-refractivity contribution in [2.75, 3.05) is 19.4 Å². The topological polar surface area (TPSA) is 83.9 Å². The Morgan fingerprint density at radius 2 is 1.63 bits per heavy atom. The number of benzene rings is 3. The Bertz CT molecular complexity index is 1220. The fraction of sp³-hybridized carbons (Fsp3) is 0.296. The van der Waals surface area contributed by atoms with Crippen molar-refractivity contribution in [2.45, 2.75) is 29.0 Å². The van der Waals surface area contributed by atoms with E-state index in [4.69, 9.17) is 4.74 Å². The SMILES string of the molecule is COc1ccc([C@@H]2C[C@@H](SCCc3ccccc3)[C@H](C(=O)O)CN2S(=O)(=O)c2ccccc2)cc1. The number of hydrogen-bond donors (Lipinski definition) is 1. The van der Waals surface area contributed by atoms with Gasteiger partial charge in [0.05, 0.1) is 24.0 Å². The number of piperidine rings is 1. The Balaban J connectivity index is 1.64. The van der Waals surface area contributed by atoms with Crippen molar-refractivity contribution in [3.63, 3.8) is 0 Å². The van der Waals surface area contributed by atoms with Gasteiger partial charge in [0.1, 0.15) is 5.75 Å². The maximum absolute atomic E-state index is 13.7. The number of aliphatic carboxylic acids is 1. The summed E-state index contributed by atoms with van der Waals surface area (Å²) in [5, 5.41) is 9.84. The highest BCUT2D eigenvalue weighted by Crippen LogP contribution is 2.42. The second-order valence-corrected chi connectivity index (χ2v) is 11.7. The zero-order valence-electron chi connectivity index (χ0n) is 19.5. The van der Waals surface area contributed by atoms with Crippen molar-refractivity contribution in [2.24, 2.45) is 5.92 Å². The van der Waals surface area contributed by atoms with Gasteiger partial charge in [-0.1, -0.05) is 60.7 Å². The molecule has 1 aliphatic rings. The molecule has 6 nitrogen and oxygen atoms in total. The average molecular weight is 512 g/mol. The molecule has 184 valence electrons. The summed E-state index contributed by atoms with van der Waals surface area (Å²) in [5.41, 5.74) is 2.02. The zero-order chi connectivity index (χ0) is 24.8. The minimum absolute atomic E-state index is 0.0771. The quantitative estimate of drug-likeness (QED) is 0.441. The molecule has 3 atom stereocenters. The predicted octanol–water partition coefficient (Wildman–Crippen LogP) is 4.88. The molecule has 0 spiro atoms. The van der Waals surface area contributed by atoms with Crippen LogP contribution in [-0.2, 0) is 21.2 Å². The lowest BCUT2D eigenvalue weighted by molar-refractivity contribution is -0.143. The fourth-order valence-electron chi connectivity index (χ4n) is 4.46. The predicted molar refractivity (Wildman–Crippen MR) is 138 cm³/mol. The van der Waals surface area contributed by atoms with Crippen LogP contribution < -0.4 is 4.74 Å². The van der Waals surface area contributed by atoms with Crippen LogP contribution >= 0.6 is 11.8 Å². The van der Waals surface area contributed by atoms with E-state index < -0.39 is 28.0 Å². The Kier molecular flexibility index (Phi) is 8.15. The number of carbonyl (C=O) groups is 1. The zero-order valence-corrected chi connectivity index (χ0v) is 21.1. The number of carboxylic acids is 1. The minimum Gasteiger partial charge on any atom is -0.497 e. The van der Waals surface area contributed by atoms with Crippen molar-refractivity contribution in [3.8, 4) is 5.75 Å². The Morgan fingerprint density at radius 1 is 1.00 bits per heavy atom. The Labute approximate surface area is 211 Å². The summed E-state index contributed by atoms with van der Waals surface area (Å²) in [4.78, 5) is 12.4. The van der Waals surface area contributed by atoms with Gasteiger partial charge >= 0.3 is 5.97 Å². The van der Waals surface area contributed by atoms with Gasteiger partial charge in [-0.15, -0.1) is 0 Å². The van der Waals surface area contributed by atoms with Gasteiger partial charge in [0, 0.05) is 11.8 Å². The summed E-state index contributed by atoms with van der Waals surface area (Å²) in [6, 6.07) is 25.2. The normalized spacial score (nSPS) is 20.9. The molecular weight excluding hydrogens is 482 g/mol. The number of hydrogen-bond acceptors (Lipinski definition) is 5. The third-order valence-corrected chi connectivity index (χ3v) is 9.64. The highest BCUT2D eigenvalue weighted by molar-refractivity contribution is 7.99. The highest BCUT2D eigenvalue weighted by atomic mass is 32.2. The van der Waals surface area contributed by atoms with Crippen LogP contribution in [0.2, 0.25) is 0 Å². The van der Waals surface area contributed by atoms with Crippen LogP contribution in [0.5, 0.6) is 5.75 Å². The van der Waals surface area contributed by atoms with Gasteiger partial charge < -0.3 is 9.84 Å². The molecule has 0 saturated carbocycles. The maximum atomic E-state index is 13.7. The molecule has 0 bridgehead atoms. The smallest absolute Gasteiger partial charge is 0.308 e. The third-order valence-electron chi connectivity index (χ3n) is 6.36. The molecule has 1 saturated heterocycles. The van der Waals surface area contributed by atoms with Crippen LogP contribution in [0.15, 0.2) is 89.8 Å². The van der Waals surface area contributed by atoms with Gasteiger partial charge in [-0.25, -0.2) is 8.42 Å². The summed E-state index contributed by atoms with van der Waals surface area (Å²) in [5.74, 6) is -0.328. The molecule has 0 radical (unpaired) electrons. The number of carboxylic acid groups (broad SMARTS) is 1. The molecule has 1 N–H and O–H groups in total. The van der Waals surface area contributed by atoms with Crippen molar-refractivity contribution in [1.82, 2.24) is 4.31 Å². The molecule has 0 amide bonds. The van der Waals surface area contributed by atoms with E-state index in [1.165, 1.54) is 9.87 Å². The number of aryl methyl sites for hydroxylation is 1. The van der Waals surface area contributed by atoms with E-state index in [1.54, 1.807) is 49.2 Å². The maximum Gasteiger partial charge on any atom is 0.308 e. The largest absolute Gasteiger partial charge is 0.497 e. The van der Waals surface area contributed by atoms with E-state index >= 15 is 0 Å². The first-order chi connectivity index (χ1) is 16.9. The average Bonchev–Trinajstić information content (AvgIpc) is 2.89. The van der Waals surface area contributed by atoms with Crippen molar-refractivity contribution < 1.29 is 23.1 Å². The minimum atomic E-state index is -3.90. The van der Waals surface area contributed by atoms with Gasteiger partial charge in [0.2, 0.25) is 10.0 Å². The van der Waals surface area contributed by atoms with Crippen LogP contribution in [0.3, 0.4) is 0 Å². The molecule has 0 unspecified atom stereocenters. The first-order valence-electron chi connectivity index (χ1n) is 11.5. The summed E-state index contributed by atoms with van der Waals surface area (Å²) in [7, 11) is -2.32. The lowest BCUT2D eigenvalue weighted by atomic mass is 9.90. The van der Waals surface area contributed by atoms with Crippen LogP contribution in [0.25, 0.3) is 0 Å². The van der Waals surface area contributed by atoms with E-state index in [1.807, 2.05) is 42.5 Å². The van der Waals surface area contributed by atoms with Crippen molar-refractivity contribution in [3.05, 3.63) is 96.1 Å².